The van der Waals surface area contributed by atoms with E-state index in [-0.39, 0.29) is 11.9 Å². The minimum absolute atomic E-state index is 0.102. The van der Waals surface area contributed by atoms with E-state index in [2.05, 4.69) is 20.6 Å². The van der Waals surface area contributed by atoms with E-state index in [0.29, 0.717) is 5.69 Å². The zero-order valence-electron chi connectivity index (χ0n) is 15.5. The van der Waals surface area contributed by atoms with E-state index < -0.39 is 0 Å². The van der Waals surface area contributed by atoms with E-state index in [1.807, 2.05) is 73.7 Å². The number of fused-ring (bicyclic) bond motifs is 1. The van der Waals surface area contributed by atoms with Gasteiger partial charge in [0.05, 0.1) is 17.2 Å². The highest BCUT2D eigenvalue weighted by Gasteiger charge is 2.13. The maximum absolute atomic E-state index is 12.6. The number of para-hydroxylation sites is 1. The van der Waals surface area contributed by atoms with Gasteiger partial charge < -0.3 is 10.6 Å². The normalized spacial score (nSPS) is 11.8. The summed E-state index contributed by atoms with van der Waals surface area (Å²) >= 11 is 0. The van der Waals surface area contributed by atoms with Gasteiger partial charge >= 0.3 is 0 Å². The molecular weight excluding hydrogens is 348 g/mol. The SMILES string of the molecule is CC(NC(=O)c1cc(Nc2cccc3cccnc23)ccn1)c1ccccc1. The predicted molar refractivity (Wildman–Crippen MR) is 112 cm³/mol. The molecule has 28 heavy (non-hydrogen) atoms. The number of anilines is 2. The third-order valence-corrected chi connectivity index (χ3v) is 4.55. The van der Waals surface area contributed by atoms with Crippen molar-refractivity contribution in [2.45, 2.75) is 13.0 Å². The van der Waals surface area contributed by atoms with Crippen molar-refractivity contribution in [1.82, 2.24) is 15.3 Å². The molecule has 138 valence electrons. The summed E-state index contributed by atoms with van der Waals surface area (Å²) < 4.78 is 0. The largest absolute Gasteiger partial charge is 0.354 e. The number of hydrogen-bond acceptors (Lipinski definition) is 4. The van der Waals surface area contributed by atoms with Crippen LogP contribution in [0.1, 0.15) is 29.0 Å². The Morgan fingerprint density at radius 1 is 0.893 bits per heavy atom. The van der Waals surface area contributed by atoms with Gasteiger partial charge in [0.1, 0.15) is 5.69 Å². The molecule has 4 rings (SSSR count). The summed E-state index contributed by atoms with van der Waals surface area (Å²) in [4.78, 5) is 21.3. The summed E-state index contributed by atoms with van der Waals surface area (Å²) in [5.41, 5.74) is 3.96. The first-order valence-corrected chi connectivity index (χ1v) is 9.13. The van der Waals surface area contributed by atoms with E-state index in [0.717, 1.165) is 27.8 Å². The Morgan fingerprint density at radius 3 is 2.57 bits per heavy atom. The molecule has 0 aliphatic heterocycles. The highest BCUT2D eigenvalue weighted by molar-refractivity contribution is 5.95. The van der Waals surface area contributed by atoms with Crippen LogP contribution in [0.4, 0.5) is 11.4 Å². The van der Waals surface area contributed by atoms with Gasteiger partial charge in [-0.15, -0.1) is 0 Å². The molecule has 1 amide bonds. The van der Waals surface area contributed by atoms with Crippen molar-refractivity contribution in [2.75, 3.05) is 5.32 Å². The molecule has 2 aromatic heterocycles. The fraction of sp³-hybridized carbons (Fsp3) is 0.0870. The van der Waals surface area contributed by atoms with Gasteiger partial charge in [0, 0.05) is 23.5 Å². The van der Waals surface area contributed by atoms with Crippen molar-refractivity contribution in [2.24, 2.45) is 0 Å². The van der Waals surface area contributed by atoms with Crippen LogP contribution in [-0.4, -0.2) is 15.9 Å². The third-order valence-electron chi connectivity index (χ3n) is 4.55. The van der Waals surface area contributed by atoms with Crippen LogP contribution in [0.3, 0.4) is 0 Å². The van der Waals surface area contributed by atoms with Crippen LogP contribution in [0.5, 0.6) is 0 Å². The Balaban J connectivity index is 1.53. The Morgan fingerprint density at radius 2 is 1.71 bits per heavy atom. The topological polar surface area (TPSA) is 66.9 Å². The molecule has 0 aliphatic rings. The van der Waals surface area contributed by atoms with Gasteiger partial charge in [0.15, 0.2) is 0 Å². The quantitative estimate of drug-likeness (QED) is 0.528. The van der Waals surface area contributed by atoms with Gasteiger partial charge in [-0.2, -0.15) is 0 Å². The lowest BCUT2D eigenvalue weighted by Crippen LogP contribution is -2.27. The van der Waals surface area contributed by atoms with E-state index in [4.69, 9.17) is 0 Å². The van der Waals surface area contributed by atoms with Crippen LogP contribution in [0.25, 0.3) is 10.9 Å². The van der Waals surface area contributed by atoms with Crippen LogP contribution in [-0.2, 0) is 0 Å². The first kappa shape index (κ1) is 17.7. The molecule has 4 aromatic rings. The lowest BCUT2D eigenvalue weighted by molar-refractivity contribution is 0.0935. The molecule has 5 nitrogen and oxygen atoms in total. The van der Waals surface area contributed by atoms with Gasteiger partial charge in [-0.3, -0.25) is 14.8 Å². The average molecular weight is 368 g/mol. The molecule has 0 radical (unpaired) electrons. The summed E-state index contributed by atoms with van der Waals surface area (Å²) in [6.07, 6.45) is 3.40. The number of hydrogen-bond donors (Lipinski definition) is 2. The second kappa shape index (κ2) is 7.88. The molecule has 1 atom stereocenters. The summed E-state index contributed by atoms with van der Waals surface area (Å²) in [5.74, 6) is -0.212. The second-order valence-corrected chi connectivity index (χ2v) is 6.54. The number of rotatable bonds is 5. The van der Waals surface area contributed by atoms with Crippen molar-refractivity contribution >= 4 is 28.2 Å². The van der Waals surface area contributed by atoms with Crippen molar-refractivity contribution < 1.29 is 4.79 Å². The zero-order chi connectivity index (χ0) is 19.3. The lowest BCUT2D eigenvalue weighted by atomic mass is 10.1. The summed E-state index contributed by atoms with van der Waals surface area (Å²) in [5, 5.41) is 7.39. The first-order chi connectivity index (χ1) is 13.7. The number of nitrogens with one attached hydrogen (secondary N) is 2. The number of carbonyl (C=O) groups excluding carboxylic acids is 1. The fourth-order valence-corrected chi connectivity index (χ4v) is 3.09. The van der Waals surface area contributed by atoms with E-state index in [9.17, 15) is 4.79 Å². The molecule has 2 heterocycles. The van der Waals surface area contributed by atoms with Gasteiger partial charge in [-0.25, -0.2) is 0 Å². The summed E-state index contributed by atoms with van der Waals surface area (Å²) in [7, 11) is 0. The minimum atomic E-state index is -0.212. The van der Waals surface area contributed by atoms with Gasteiger partial charge in [0.2, 0.25) is 0 Å². The van der Waals surface area contributed by atoms with E-state index in [1.54, 1.807) is 18.5 Å². The van der Waals surface area contributed by atoms with Crippen molar-refractivity contribution in [1.29, 1.82) is 0 Å². The highest BCUT2D eigenvalue weighted by atomic mass is 16.1. The molecule has 0 saturated carbocycles. The van der Waals surface area contributed by atoms with E-state index in [1.165, 1.54) is 0 Å². The van der Waals surface area contributed by atoms with Crippen LogP contribution >= 0.6 is 0 Å². The molecule has 2 aromatic carbocycles. The number of benzene rings is 2. The maximum Gasteiger partial charge on any atom is 0.270 e. The smallest absolute Gasteiger partial charge is 0.270 e. The van der Waals surface area contributed by atoms with Crippen molar-refractivity contribution in [3.8, 4) is 0 Å². The van der Waals surface area contributed by atoms with Crippen LogP contribution in [0.15, 0.2) is 85.2 Å². The molecule has 0 bridgehead atoms. The second-order valence-electron chi connectivity index (χ2n) is 6.54. The molecular formula is C23H20N4O. The monoisotopic (exact) mass is 368 g/mol. The number of nitrogens with zero attached hydrogens (tertiary/aromatic N) is 2. The number of aromatic nitrogens is 2. The Bertz CT molecular complexity index is 1110. The van der Waals surface area contributed by atoms with Crippen LogP contribution in [0, 0.1) is 0 Å². The summed E-state index contributed by atoms with van der Waals surface area (Å²) in [6, 6.07) is 23.2. The first-order valence-electron chi connectivity index (χ1n) is 9.13. The van der Waals surface area contributed by atoms with Crippen molar-refractivity contribution in [3.05, 3.63) is 96.4 Å². The Kier molecular flexibility index (Phi) is 4.97. The highest BCUT2D eigenvalue weighted by Crippen LogP contribution is 2.24. The van der Waals surface area contributed by atoms with Crippen molar-refractivity contribution in [3.63, 3.8) is 0 Å². The van der Waals surface area contributed by atoms with Gasteiger partial charge in [-0.1, -0.05) is 48.5 Å². The Labute approximate surface area is 163 Å². The fourth-order valence-electron chi connectivity index (χ4n) is 3.09. The van der Waals surface area contributed by atoms with Gasteiger partial charge in [-0.05, 0) is 36.8 Å². The number of pyridine rings is 2. The number of amides is 1. The minimum Gasteiger partial charge on any atom is -0.354 e. The molecule has 2 N–H and O–H groups in total. The average Bonchev–Trinajstić information content (AvgIpc) is 2.75. The number of carbonyl (C=O) groups is 1. The summed E-state index contributed by atoms with van der Waals surface area (Å²) in [6.45, 7) is 1.96. The standard InChI is InChI=1S/C23H20N4O/c1-16(17-7-3-2-4-8-17)26-23(28)21-15-19(12-14-24-21)27-20-11-5-9-18-10-6-13-25-22(18)20/h2-16H,1H3,(H,24,27)(H,26,28). The van der Waals surface area contributed by atoms with E-state index >= 15 is 0 Å². The molecule has 0 aliphatic carbocycles. The molecule has 0 spiro atoms. The Hall–Kier alpha value is -3.73. The molecule has 0 saturated heterocycles. The predicted octanol–water partition coefficient (Wildman–Crippen LogP) is 4.86. The van der Waals surface area contributed by atoms with Gasteiger partial charge in [0.25, 0.3) is 5.91 Å². The third kappa shape index (κ3) is 3.83. The zero-order valence-corrected chi connectivity index (χ0v) is 15.5. The lowest BCUT2D eigenvalue weighted by Gasteiger charge is -2.14. The molecule has 0 fully saturated rings. The molecule has 5 heteroatoms. The van der Waals surface area contributed by atoms with Crippen LogP contribution < -0.4 is 10.6 Å². The maximum atomic E-state index is 12.6. The van der Waals surface area contributed by atoms with Crippen LogP contribution in [0.2, 0.25) is 0 Å². The molecule has 1 unspecified atom stereocenters.